The highest BCUT2D eigenvalue weighted by Gasteiger charge is 2.31. The van der Waals surface area contributed by atoms with E-state index in [2.05, 4.69) is 21.2 Å². The Bertz CT molecular complexity index is 302. The maximum atomic E-state index is 12.1. The van der Waals surface area contributed by atoms with Crippen molar-refractivity contribution in [2.75, 3.05) is 32.8 Å². The Labute approximate surface area is 106 Å². The van der Waals surface area contributed by atoms with Gasteiger partial charge < -0.3 is 10.1 Å². The minimum absolute atomic E-state index is 0.278. The quantitative estimate of drug-likeness (QED) is 0.745. The minimum atomic E-state index is -3.25. The summed E-state index contributed by atoms with van der Waals surface area (Å²) < 4.78 is 30.2. The molecule has 1 rings (SSSR count). The van der Waals surface area contributed by atoms with E-state index < -0.39 is 14.2 Å². The third kappa shape index (κ3) is 3.96. The maximum Gasteiger partial charge on any atom is 0.228 e. The van der Waals surface area contributed by atoms with E-state index in [9.17, 15) is 8.42 Å². The molecule has 1 atom stereocenters. The van der Waals surface area contributed by atoms with Crippen LogP contribution < -0.4 is 5.32 Å². The first kappa shape index (κ1) is 14.4. The third-order valence-electron chi connectivity index (χ3n) is 2.34. The number of morpholine rings is 1. The molecule has 0 radical (unpaired) electrons. The van der Waals surface area contributed by atoms with E-state index in [0.29, 0.717) is 32.8 Å². The fourth-order valence-electron chi connectivity index (χ4n) is 1.40. The second-order valence-electron chi connectivity index (χ2n) is 4.03. The van der Waals surface area contributed by atoms with E-state index in [1.54, 1.807) is 0 Å². The molecule has 1 saturated heterocycles. The monoisotopic (exact) mass is 314 g/mol. The molecule has 0 aromatic heterocycles. The van der Waals surface area contributed by atoms with Gasteiger partial charge in [-0.1, -0.05) is 29.8 Å². The molecule has 7 heteroatoms. The van der Waals surface area contributed by atoms with Crippen LogP contribution in [-0.4, -0.2) is 55.8 Å². The molecule has 1 N–H and O–H groups in total. The number of halogens is 1. The third-order valence-corrected chi connectivity index (χ3v) is 5.98. The Kier molecular flexibility index (Phi) is 5.66. The molecule has 1 aliphatic heterocycles. The number of ether oxygens (including phenoxy) is 1. The number of alkyl halides is 1. The van der Waals surface area contributed by atoms with Crippen molar-refractivity contribution in [3.8, 4) is 0 Å². The molecular formula is C9H19BrN2O3S. The van der Waals surface area contributed by atoms with Gasteiger partial charge in [-0.3, -0.25) is 0 Å². The zero-order valence-electron chi connectivity index (χ0n) is 9.65. The van der Waals surface area contributed by atoms with Gasteiger partial charge in [0, 0.05) is 25.7 Å². The van der Waals surface area contributed by atoms with Gasteiger partial charge in [0.2, 0.25) is 10.0 Å². The molecule has 1 unspecified atom stereocenters. The zero-order valence-corrected chi connectivity index (χ0v) is 12.1. The van der Waals surface area contributed by atoms with E-state index in [0.717, 1.165) is 0 Å². The molecule has 1 fully saturated rings. The lowest BCUT2D eigenvalue weighted by atomic mass is 10.4. The van der Waals surface area contributed by atoms with Crippen LogP contribution in [0.1, 0.15) is 13.8 Å². The summed E-state index contributed by atoms with van der Waals surface area (Å²) in [5.41, 5.74) is 0. The highest BCUT2D eigenvalue weighted by molar-refractivity contribution is 9.11. The molecule has 16 heavy (non-hydrogen) atoms. The van der Waals surface area contributed by atoms with Crippen LogP contribution in [0, 0.1) is 0 Å². The van der Waals surface area contributed by atoms with E-state index in [1.807, 2.05) is 13.8 Å². The van der Waals surface area contributed by atoms with Crippen LogP contribution in [-0.2, 0) is 14.8 Å². The molecule has 0 spiro atoms. The van der Waals surface area contributed by atoms with Crippen molar-refractivity contribution in [1.29, 1.82) is 0 Å². The molecule has 0 aromatic rings. The number of sulfonamides is 1. The van der Waals surface area contributed by atoms with E-state index in [1.165, 1.54) is 4.31 Å². The van der Waals surface area contributed by atoms with Crippen LogP contribution in [0.2, 0.25) is 0 Å². The van der Waals surface area contributed by atoms with Gasteiger partial charge in [0.1, 0.15) is 4.16 Å². The van der Waals surface area contributed by atoms with Crippen LogP contribution in [0.3, 0.4) is 0 Å². The van der Waals surface area contributed by atoms with Gasteiger partial charge in [0.25, 0.3) is 0 Å². The van der Waals surface area contributed by atoms with Gasteiger partial charge in [-0.15, -0.1) is 0 Å². The zero-order chi connectivity index (χ0) is 12.2. The Balaban J connectivity index is 2.54. The fraction of sp³-hybridized carbons (Fsp3) is 1.00. The first-order valence-electron chi connectivity index (χ1n) is 5.38. The Morgan fingerprint density at radius 1 is 1.38 bits per heavy atom. The molecule has 0 aliphatic carbocycles. The lowest BCUT2D eigenvalue weighted by molar-refractivity contribution is 0.0729. The second-order valence-corrected chi connectivity index (χ2v) is 7.86. The Morgan fingerprint density at radius 3 is 2.44 bits per heavy atom. The lowest BCUT2D eigenvalue weighted by Crippen LogP contribution is -2.46. The highest BCUT2D eigenvalue weighted by Crippen LogP contribution is 2.15. The van der Waals surface area contributed by atoms with Gasteiger partial charge in [-0.25, -0.2) is 8.42 Å². The predicted molar refractivity (Wildman–Crippen MR) is 67.2 cm³/mol. The smallest absolute Gasteiger partial charge is 0.228 e. The SMILES string of the molecule is CC(C)NCC(Br)S(=O)(=O)N1CCOCC1. The number of hydrogen-bond donors (Lipinski definition) is 1. The summed E-state index contributed by atoms with van der Waals surface area (Å²) in [6.07, 6.45) is 0. The van der Waals surface area contributed by atoms with Crippen LogP contribution in [0.5, 0.6) is 0 Å². The van der Waals surface area contributed by atoms with Crippen LogP contribution in [0.15, 0.2) is 0 Å². The second kappa shape index (κ2) is 6.30. The van der Waals surface area contributed by atoms with Crippen molar-refractivity contribution in [3.63, 3.8) is 0 Å². The van der Waals surface area contributed by atoms with Crippen LogP contribution in [0.4, 0.5) is 0 Å². The highest BCUT2D eigenvalue weighted by atomic mass is 79.9. The molecule has 1 heterocycles. The number of rotatable bonds is 5. The average Bonchev–Trinajstić information content (AvgIpc) is 2.27. The number of hydrogen-bond acceptors (Lipinski definition) is 4. The Hall–Kier alpha value is 0.310. The average molecular weight is 315 g/mol. The molecule has 96 valence electrons. The van der Waals surface area contributed by atoms with Crippen molar-refractivity contribution in [2.45, 2.75) is 24.0 Å². The first-order valence-corrected chi connectivity index (χ1v) is 7.80. The van der Waals surface area contributed by atoms with Gasteiger partial charge >= 0.3 is 0 Å². The summed E-state index contributed by atoms with van der Waals surface area (Å²) >= 11 is 3.23. The van der Waals surface area contributed by atoms with Crippen molar-refractivity contribution in [2.24, 2.45) is 0 Å². The summed E-state index contributed by atoms with van der Waals surface area (Å²) in [4.78, 5) is 0. The number of nitrogens with zero attached hydrogens (tertiary/aromatic N) is 1. The van der Waals surface area contributed by atoms with E-state index >= 15 is 0 Å². The van der Waals surface area contributed by atoms with Crippen molar-refractivity contribution in [3.05, 3.63) is 0 Å². The lowest BCUT2D eigenvalue weighted by Gasteiger charge is -2.28. The Morgan fingerprint density at radius 2 is 1.94 bits per heavy atom. The van der Waals surface area contributed by atoms with Crippen molar-refractivity contribution < 1.29 is 13.2 Å². The number of nitrogens with one attached hydrogen (secondary N) is 1. The summed E-state index contributed by atoms with van der Waals surface area (Å²) in [6.45, 7) is 6.25. The van der Waals surface area contributed by atoms with Gasteiger partial charge in [0.15, 0.2) is 0 Å². The topological polar surface area (TPSA) is 58.6 Å². The largest absolute Gasteiger partial charge is 0.379 e. The maximum absolute atomic E-state index is 12.1. The first-order chi connectivity index (χ1) is 7.44. The van der Waals surface area contributed by atoms with E-state index in [4.69, 9.17) is 4.74 Å². The molecule has 0 bridgehead atoms. The summed E-state index contributed by atoms with van der Waals surface area (Å²) in [6, 6.07) is 0.278. The molecule has 1 aliphatic rings. The molecule has 0 saturated carbocycles. The molecule has 0 aromatic carbocycles. The van der Waals surface area contributed by atoms with Gasteiger partial charge in [0.05, 0.1) is 13.2 Å². The van der Waals surface area contributed by atoms with Crippen molar-refractivity contribution in [1.82, 2.24) is 9.62 Å². The predicted octanol–water partition coefficient (Wildman–Crippen LogP) is 0.367. The summed E-state index contributed by atoms with van der Waals surface area (Å²) in [5, 5.41) is 3.11. The minimum Gasteiger partial charge on any atom is -0.379 e. The van der Waals surface area contributed by atoms with Gasteiger partial charge in [-0.2, -0.15) is 4.31 Å². The standard InChI is InChI=1S/C9H19BrN2O3S/c1-8(2)11-7-9(10)16(13,14)12-3-5-15-6-4-12/h8-9,11H,3-7H2,1-2H3. The van der Waals surface area contributed by atoms with Gasteiger partial charge in [-0.05, 0) is 0 Å². The molecule has 5 nitrogen and oxygen atoms in total. The summed E-state index contributed by atoms with van der Waals surface area (Å²) in [7, 11) is -3.25. The van der Waals surface area contributed by atoms with Crippen LogP contribution >= 0.6 is 15.9 Å². The normalized spacial score (nSPS) is 21.2. The molecule has 0 amide bonds. The molecular weight excluding hydrogens is 296 g/mol. The fourth-order valence-corrected chi connectivity index (χ4v) is 3.58. The van der Waals surface area contributed by atoms with E-state index in [-0.39, 0.29) is 6.04 Å². The summed E-state index contributed by atoms with van der Waals surface area (Å²) in [5.74, 6) is 0. The van der Waals surface area contributed by atoms with Crippen molar-refractivity contribution >= 4 is 26.0 Å². The van der Waals surface area contributed by atoms with Crippen LogP contribution in [0.25, 0.3) is 0 Å².